The summed E-state index contributed by atoms with van der Waals surface area (Å²) in [6.45, 7) is 7.16. The van der Waals surface area contributed by atoms with Gasteiger partial charge in [0.2, 0.25) is 5.88 Å². The Kier molecular flexibility index (Phi) is 8.69. The van der Waals surface area contributed by atoms with Crippen LogP contribution in [-0.4, -0.2) is 59.3 Å². The number of carbonyl (C=O) groups excluding carboxylic acids is 1. The lowest BCUT2D eigenvalue weighted by atomic mass is 9.98. The van der Waals surface area contributed by atoms with Gasteiger partial charge in [0, 0.05) is 44.0 Å². The third kappa shape index (κ3) is 7.35. The number of guanidine groups is 1. The van der Waals surface area contributed by atoms with Crippen molar-refractivity contribution >= 4 is 36.0 Å². The Labute approximate surface area is 214 Å². The fraction of sp³-hybridized carbons (Fsp3) is 0.708. The van der Waals surface area contributed by atoms with Crippen LogP contribution in [0, 0.1) is 5.92 Å². The quantitative estimate of drug-likeness (QED) is 0.304. The van der Waals surface area contributed by atoms with Crippen molar-refractivity contribution in [1.29, 1.82) is 0 Å². The Hall–Kier alpha value is -1.78. The van der Waals surface area contributed by atoms with E-state index in [-0.39, 0.29) is 48.2 Å². The molecule has 2 aliphatic heterocycles. The average Bonchev–Trinajstić information content (AvgIpc) is 3.52. The molecule has 1 aromatic rings. The van der Waals surface area contributed by atoms with Gasteiger partial charge in [-0.05, 0) is 76.8 Å². The summed E-state index contributed by atoms with van der Waals surface area (Å²) in [5.41, 5.74) is 0.640. The van der Waals surface area contributed by atoms with Gasteiger partial charge in [-0.2, -0.15) is 0 Å². The molecule has 2 unspecified atom stereocenters. The maximum absolute atomic E-state index is 12.7. The molecule has 3 fully saturated rings. The molecule has 1 aliphatic carbocycles. The van der Waals surface area contributed by atoms with E-state index < -0.39 is 5.60 Å². The molecule has 0 aromatic carbocycles. The van der Waals surface area contributed by atoms with Crippen LogP contribution in [0.4, 0.5) is 4.79 Å². The first kappa shape index (κ1) is 25.8. The summed E-state index contributed by atoms with van der Waals surface area (Å²) in [6.07, 6.45) is 8.03. The highest BCUT2D eigenvalue weighted by Gasteiger charge is 2.45. The van der Waals surface area contributed by atoms with Crippen LogP contribution >= 0.6 is 24.0 Å². The van der Waals surface area contributed by atoms with Crippen LogP contribution < -0.4 is 15.4 Å². The summed E-state index contributed by atoms with van der Waals surface area (Å²) >= 11 is 0. The number of aromatic nitrogens is 1. The largest absolute Gasteiger partial charge is 0.477 e. The van der Waals surface area contributed by atoms with Crippen LogP contribution in [0.15, 0.2) is 23.3 Å². The van der Waals surface area contributed by atoms with E-state index in [9.17, 15) is 4.79 Å². The van der Waals surface area contributed by atoms with E-state index in [4.69, 9.17) is 9.47 Å². The van der Waals surface area contributed by atoms with E-state index in [1.165, 1.54) is 12.8 Å². The van der Waals surface area contributed by atoms with Gasteiger partial charge in [0.1, 0.15) is 5.60 Å². The Morgan fingerprint density at radius 1 is 1.21 bits per heavy atom. The summed E-state index contributed by atoms with van der Waals surface area (Å²) in [5.74, 6) is 2.17. The van der Waals surface area contributed by atoms with Gasteiger partial charge in [0.05, 0.1) is 6.61 Å². The summed E-state index contributed by atoms with van der Waals surface area (Å²) in [6, 6.07) is 4.72. The van der Waals surface area contributed by atoms with Gasteiger partial charge in [-0.3, -0.25) is 4.99 Å². The first-order valence-corrected chi connectivity index (χ1v) is 11.9. The van der Waals surface area contributed by atoms with Crippen LogP contribution in [-0.2, 0) is 11.3 Å². The smallest absolute Gasteiger partial charge is 0.410 e. The Bertz CT molecular complexity index is 826. The Balaban J connectivity index is 0.00000306. The first-order chi connectivity index (χ1) is 15.3. The molecular weight excluding hydrogens is 533 g/mol. The lowest BCUT2D eigenvalue weighted by molar-refractivity contribution is 0.00545. The van der Waals surface area contributed by atoms with Crippen LogP contribution in [0.3, 0.4) is 0 Å². The predicted molar refractivity (Wildman–Crippen MR) is 139 cm³/mol. The highest BCUT2D eigenvalue weighted by atomic mass is 127. The fourth-order valence-electron chi connectivity index (χ4n) is 4.61. The molecule has 2 saturated heterocycles. The van der Waals surface area contributed by atoms with E-state index in [1.807, 2.05) is 37.8 Å². The van der Waals surface area contributed by atoms with Crippen LogP contribution in [0.25, 0.3) is 0 Å². The minimum Gasteiger partial charge on any atom is -0.477 e. The molecule has 9 heteroatoms. The highest BCUT2D eigenvalue weighted by Crippen LogP contribution is 2.36. The number of amides is 1. The maximum atomic E-state index is 12.7. The van der Waals surface area contributed by atoms with Gasteiger partial charge in [-0.25, -0.2) is 9.78 Å². The SMILES string of the molecule is CN=C(NCc1ccnc(OCC2CC2)c1)NC1CC2CCC(C1)N2C(=O)OC(C)(C)C.I. The zero-order valence-electron chi connectivity index (χ0n) is 20.2. The molecule has 8 nitrogen and oxygen atoms in total. The van der Waals surface area contributed by atoms with Crippen LogP contribution in [0.2, 0.25) is 0 Å². The molecule has 4 rings (SSSR count). The summed E-state index contributed by atoms with van der Waals surface area (Å²) in [7, 11) is 1.79. The molecule has 1 saturated carbocycles. The fourth-order valence-corrected chi connectivity index (χ4v) is 4.61. The van der Waals surface area contributed by atoms with Gasteiger partial charge in [0.15, 0.2) is 5.96 Å². The van der Waals surface area contributed by atoms with Gasteiger partial charge < -0.3 is 25.0 Å². The molecule has 3 aliphatic rings. The van der Waals surface area contributed by atoms with Crippen molar-refractivity contribution in [3.63, 3.8) is 0 Å². The number of nitrogens with one attached hydrogen (secondary N) is 2. The van der Waals surface area contributed by atoms with Gasteiger partial charge in [0.25, 0.3) is 0 Å². The number of fused-ring (bicyclic) bond motifs is 2. The number of ether oxygens (including phenoxy) is 2. The first-order valence-electron chi connectivity index (χ1n) is 11.9. The topological polar surface area (TPSA) is 88.1 Å². The number of pyridine rings is 1. The average molecular weight is 572 g/mol. The standard InChI is InChI=1S/C24H37N5O3.HI/c1-24(2,3)32-23(30)29-19-7-8-20(29)13-18(12-19)28-22(25-4)27-14-17-9-10-26-21(11-17)31-15-16-5-6-16;/h9-11,16,18-20H,5-8,12-15H2,1-4H3,(H2,25,27,28);1H. The van der Waals surface area contributed by atoms with Gasteiger partial charge >= 0.3 is 6.09 Å². The molecule has 2 N–H and O–H groups in total. The second-order valence-corrected chi connectivity index (χ2v) is 10.3. The molecule has 3 heterocycles. The van der Waals surface area contributed by atoms with E-state index in [0.717, 1.165) is 43.8 Å². The van der Waals surface area contributed by atoms with Crippen LogP contribution in [0.1, 0.15) is 64.9 Å². The molecule has 184 valence electrons. The zero-order valence-corrected chi connectivity index (χ0v) is 22.5. The Morgan fingerprint density at radius 3 is 2.52 bits per heavy atom. The number of hydrogen-bond acceptors (Lipinski definition) is 5. The third-order valence-electron chi connectivity index (χ3n) is 6.32. The van der Waals surface area contributed by atoms with Crippen molar-refractivity contribution in [3.05, 3.63) is 23.9 Å². The van der Waals surface area contributed by atoms with E-state index in [1.54, 1.807) is 13.2 Å². The van der Waals surface area contributed by atoms with Crippen LogP contribution in [0.5, 0.6) is 5.88 Å². The van der Waals surface area contributed by atoms with Crippen molar-refractivity contribution in [2.45, 2.75) is 89.6 Å². The second kappa shape index (κ2) is 11.1. The lowest BCUT2D eigenvalue weighted by Gasteiger charge is -2.40. The molecule has 2 bridgehead atoms. The number of carbonyl (C=O) groups is 1. The van der Waals surface area contributed by atoms with Crippen molar-refractivity contribution in [1.82, 2.24) is 20.5 Å². The van der Waals surface area contributed by atoms with E-state index >= 15 is 0 Å². The molecule has 2 atom stereocenters. The molecule has 33 heavy (non-hydrogen) atoms. The number of halogens is 1. The summed E-state index contributed by atoms with van der Waals surface area (Å²) in [5, 5.41) is 6.96. The number of aliphatic imine (C=N–C) groups is 1. The molecule has 0 spiro atoms. The monoisotopic (exact) mass is 571 g/mol. The van der Waals surface area contributed by atoms with Crippen molar-refractivity contribution in [3.8, 4) is 5.88 Å². The van der Waals surface area contributed by atoms with Gasteiger partial charge in [-0.15, -0.1) is 24.0 Å². The number of piperidine rings is 1. The predicted octanol–water partition coefficient (Wildman–Crippen LogP) is 4.08. The molecule has 1 aromatic heterocycles. The molecule has 1 amide bonds. The minimum atomic E-state index is -0.465. The normalized spacial score (nSPS) is 24.7. The Morgan fingerprint density at radius 2 is 1.91 bits per heavy atom. The van der Waals surface area contributed by atoms with Crippen molar-refractivity contribution < 1.29 is 14.3 Å². The second-order valence-electron chi connectivity index (χ2n) is 10.3. The minimum absolute atomic E-state index is 0. The summed E-state index contributed by atoms with van der Waals surface area (Å²) in [4.78, 5) is 23.3. The molecule has 0 radical (unpaired) electrons. The lowest BCUT2D eigenvalue weighted by Crippen LogP contribution is -2.54. The van der Waals surface area contributed by atoms with Crippen molar-refractivity contribution in [2.75, 3.05) is 13.7 Å². The summed E-state index contributed by atoms with van der Waals surface area (Å²) < 4.78 is 11.4. The van der Waals surface area contributed by atoms with E-state index in [0.29, 0.717) is 18.3 Å². The molecular formula is C24H38IN5O3. The zero-order chi connectivity index (χ0) is 22.7. The number of nitrogens with zero attached hydrogens (tertiary/aromatic N) is 3. The van der Waals surface area contributed by atoms with Crippen molar-refractivity contribution in [2.24, 2.45) is 10.9 Å². The van der Waals surface area contributed by atoms with Gasteiger partial charge in [-0.1, -0.05) is 0 Å². The highest BCUT2D eigenvalue weighted by molar-refractivity contribution is 14.0. The van der Waals surface area contributed by atoms with E-state index in [2.05, 4.69) is 20.6 Å². The number of hydrogen-bond donors (Lipinski definition) is 2. The maximum Gasteiger partial charge on any atom is 0.410 e. The third-order valence-corrected chi connectivity index (χ3v) is 6.32. The number of rotatable bonds is 6.